The molecule has 0 radical (unpaired) electrons. The van der Waals surface area contributed by atoms with Crippen molar-refractivity contribution in [2.75, 3.05) is 0 Å². The summed E-state index contributed by atoms with van der Waals surface area (Å²) in [5, 5.41) is 45.1. The van der Waals surface area contributed by atoms with Crippen molar-refractivity contribution in [3.63, 3.8) is 0 Å². The molecule has 0 spiro atoms. The normalized spacial score (nSPS) is 13.2. The van der Waals surface area contributed by atoms with E-state index >= 15 is 0 Å². The van der Waals surface area contributed by atoms with Crippen molar-refractivity contribution in [1.82, 2.24) is 4.98 Å². The van der Waals surface area contributed by atoms with Crippen molar-refractivity contribution < 1.29 is 245 Å². The van der Waals surface area contributed by atoms with Crippen molar-refractivity contribution in [3.8, 4) is 0 Å². The van der Waals surface area contributed by atoms with E-state index in [9.17, 15) is 39.6 Å². The molecule has 1 aromatic rings. The average Bonchev–Trinajstić information content (AvgIpc) is 2.96. The van der Waals surface area contributed by atoms with Crippen LogP contribution in [0.2, 0.25) is 0 Å². The molecule has 3 rings (SSSR count). The SMILES string of the molecule is O=C([O-])C1=CC2=C([O-])C(=O)c3nc(C(=O)[O-])cc(C(=O)[O-])c3C2=N1.[K+].[K+].[K+].[K+]. The Balaban J connectivity index is 0. The van der Waals surface area contributed by atoms with Crippen LogP contribution in [0.4, 0.5) is 0 Å². The van der Waals surface area contributed by atoms with Crippen molar-refractivity contribution in [3.05, 3.63) is 51.7 Å². The zero-order valence-electron chi connectivity index (χ0n) is 15.3. The van der Waals surface area contributed by atoms with E-state index in [1.807, 2.05) is 0 Å². The van der Waals surface area contributed by atoms with Gasteiger partial charge in [-0.1, -0.05) is 0 Å². The van der Waals surface area contributed by atoms with Crippen LogP contribution < -0.4 is 226 Å². The maximum atomic E-state index is 12.1. The number of hydrogen-bond donors (Lipinski definition) is 0. The topological polar surface area (TPSA) is 186 Å². The number of aromatic carboxylic acids is 2. The Bertz CT molecular complexity index is 984. The number of Topliss-reactive ketones (excluding diaryl/α,β-unsaturated/α-hetero) is 1. The summed E-state index contributed by atoms with van der Waals surface area (Å²) in [6.07, 6.45) is 0.763. The Kier molecular flexibility index (Phi) is 15.8. The summed E-state index contributed by atoms with van der Waals surface area (Å²) in [6, 6.07) is 0.573. The second-order valence-corrected chi connectivity index (χ2v) is 4.70. The van der Waals surface area contributed by atoms with Crippen molar-refractivity contribution in [2.24, 2.45) is 4.99 Å². The van der Waals surface area contributed by atoms with E-state index in [0.29, 0.717) is 6.07 Å². The molecule has 0 fully saturated rings. The molecule has 0 amide bonds. The molecule has 2 aliphatic rings. The Morgan fingerprint density at radius 3 is 1.93 bits per heavy atom. The van der Waals surface area contributed by atoms with E-state index in [0.717, 1.165) is 6.08 Å². The smallest absolute Gasteiger partial charge is 0.869 e. The maximum absolute atomic E-state index is 12.1. The molecule has 120 valence electrons. The number of carboxylic acids is 3. The molecule has 10 nitrogen and oxygen atoms in total. The van der Waals surface area contributed by atoms with Gasteiger partial charge in [-0.05, 0) is 23.5 Å². The van der Waals surface area contributed by atoms with E-state index in [2.05, 4.69) is 9.98 Å². The Labute approximate surface area is 327 Å². The zero-order valence-corrected chi connectivity index (χ0v) is 27.8. The number of carbonyl (C=O) groups is 4. The van der Waals surface area contributed by atoms with Gasteiger partial charge in [0.1, 0.15) is 5.69 Å². The first kappa shape index (κ1) is 32.9. The van der Waals surface area contributed by atoms with Crippen LogP contribution in [0.15, 0.2) is 34.2 Å². The fourth-order valence-electron chi connectivity index (χ4n) is 2.33. The quantitative estimate of drug-likeness (QED) is 0.377. The number of aliphatic carboxylic acids is 1. The third kappa shape index (κ3) is 6.40. The predicted molar refractivity (Wildman–Crippen MR) is 63.9 cm³/mol. The molecular weight excluding hydrogens is 481 g/mol. The minimum Gasteiger partial charge on any atom is -0.869 e. The average molecular weight is 483 g/mol. The number of ketones is 1. The van der Waals surface area contributed by atoms with Gasteiger partial charge in [0.05, 0.1) is 35.0 Å². The molecule has 0 atom stereocenters. The van der Waals surface area contributed by atoms with E-state index in [1.165, 1.54) is 0 Å². The number of pyridine rings is 1. The van der Waals surface area contributed by atoms with Gasteiger partial charge in [0, 0.05) is 11.1 Å². The van der Waals surface area contributed by atoms with Crippen LogP contribution in [0, 0.1) is 0 Å². The zero-order chi connectivity index (χ0) is 17.8. The first-order chi connectivity index (χ1) is 11.2. The Hall–Kier alpha value is 2.73. The van der Waals surface area contributed by atoms with Crippen LogP contribution >= 0.6 is 0 Å². The van der Waals surface area contributed by atoms with Crippen molar-refractivity contribution >= 4 is 29.4 Å². The van der Waals surface area contributed by atoms with Crippen LogP contribution in [-0.2, 0) is 4.79 Å². The number of nitrogens with zero attached hydrogens (tertiary/aromatic N) is 2. The first-order valence-electron chi connectivity index (χ1n) is 6.18. The summed E-state index contributed by atoms with van der Waals surface area (Å²) >= 11 is 0. The van der Waals surface area contributed by atoms with Crippen LogP contribution in [0.5, 0.6) is 0 Å². The van der Waals surface area contributed by atoms with Crippen LogP contribution in [0.25, 0.3) is 0 Å². The molecular formula is C14H2K4N2O8. The van der Waals surface area contributed by atoms with Crippen LogP contribution in [-0.4, -0.2) is 34.4 Å². The predicted octanol–water partition coefficient (Wildman–Crippen LogP) is -16.9. The van der Waals surface area contributed by atoms with Gasteiger partial charge in [-0.15, -0.1) is 0 Å². The van der Waals surface area contributed by atoms with Gasteiger partial charge in [0.2, 0.25) is 0 Å². The van der Waals surface area contributed by atoms with Crippen LogP contribution in [0.3, 0.4) is 0 Å². The second-order valence-electron chi connectivity index (χ2n) is 4.70. The Morgan fingerprint density at radius 1 is 0.893 bits per heavy atom. The Morgan fingerprint density at radius 2 is 1.46 bits per heavy atom. The fraction of sp³-hybridized carbons (Fsp3) is 0. The maximum Gasteiger partial charge on any atom is 1.00 e. The van der Waals surface area contributed by atoms with Gasteiger partial charge < -0.3 is 34.8 Å². The number of aromatic nitrogens is 1. The molecule has 1 aliphatic carbocycles. The summed E-state index contributed by atoms with van der Waals surface area (Å²) in [5.41, 5.74) is -4.53. The number of aliphatic imine (C=N–C) groups is 1. The molecule has 0 unspecified atom stereocenters. The van der Waals surface area contributed by atoms with Gasteiger partial charge in [-0.3, -0.25) is 4.79 Å². The van der Waals surface area contributed by atoms with E-state index in [4.69, 9.17) is 0 Å². The summed E-state index contributed by atoms with van der Waals surface area (Å²) in [4.78, 5) is 52.1. The molecule has 1 aliphatic heterocycles. The third-order valence-corrected chi connectivity index (χ3v) is 3.33. The largest absolute Gasteiger partial charge is 1.00 e. The van der Waals surface area contributed by atoms with Gasteiger partial charge in [0.15, 0.2) is 5.78 Å². The minimum atomic E-state index is -1.88. The number of allylic oxidation sites excluding steroid dienone is 3. The van der Waals surface area contributed by atoms with E-state index in [1.54, 1.807) is 0 Å². The van der Waals surface area contributed by atoms with Crippen LogP contribution in [0.1, 0.15) is 36.9 Å². The molecule has 0 N–H and O–H groups in total. The summed E-state index contributed by atoms with van der Waals surface area (Å²) < 4.78 is 0. The first-order valence-corrected chi connectivity index (χ1v) is 6.18. The molecule has 14 heteroatoms. The fourth-order valence-corrected chi connectivity index (χ4v) is 2.33. The number of hydrogen-bond acceptors (Lipinski definition) is 10. The number of carbonyl (C=O) groups excluding carboxylic acids is 4. The summed E-state index contributed by atoms with van der Waals surface area (Å²) in [7, 11) is 0. The van der Waals surface area contributed by atoms with Gasteiger partial charge in [-0.2, -0.15) is 0 Å². The van der Waals surface area contributed by atoms with E-state index < -0.39 is 68.9 Å². The van der Waals surface area contributed by atoms with Crippen molar-refractivity contribution in [1.29, 1.82) is 0 Å². The van der Waals surface area contributed by atoms with E-state index in [-0.39, 0.29) is 206 Å². The molecule has 0 bridgehead atoms. The van der Waals surface area contributed by atoms with Gasteiger partial charge in [-0.25, -0.2) is 9.98 Å². The molecule has 28 heavy (non-hydrogen) atoms. The van der Waals surface area contributed by atoms with Gasteiger partial charge in [0.25, 0.3) is 0 Å². The molecule has 0 saturated carbocycles. The molecule has 0 saturated heterocycles. The molecule has 2 heterocycles. The molecule has 1 aromatic heterocycles. The summed E-state index contributed by atoms with van der Waals surface area (Å²) in [5.74, 6) is -8.01. The third-order valence-electron chi connectivity index (χ3n) is 3.33. The number of rotatable bonds is 3. The van der Waals surface area contributed by atoms with Crippen molar-refractivity contribution in [2.45, 2.75) is 0 Å². The standard InChI is InChI=1S/C14H6N2O8.4K/c17-10-4-2-6(14(23)24)15-8(4)7-3(12(19)20)1-5(13(21)22)16-9(7)11(10)18;;;;/h1-2,17H,(H,19,20)(H,21,22)(H,23,24);;;;/q;4*+1/p-4. The molecule has 0 aromatic carbocycles. The van der Waals surface area contributed by atoms with Gasteiger partial charge >= 0.3 is 206 Å². The monoisotopic (exact) mass is 482 g/mol. The second kappa shape index (κ2) is 13.4. The number of fused-ring (bicyclic) bond motifs is 3. The minimum absolute atomic E-state index is 0. The number of carboxylic acid groups (broad SMARTS) is 3. The summed E-state index contributed by atoms with van der Waals surface area (Å²) in [6.45, 7) is 0.